The van der Waals surface area contributed by atoms with Crippen molar-refractivity contribution >= 4 is 33.9 Å². The Bertz CT molecular complexity index is 813. The molecule has 2 heterocycles. The number of nitrogen functional groups attached to an aromatic ring is 1. The lowest BCUT2D eigenvalue weighted by Crippen LogP contribution is -2.25. The molecule has 0 unspecified atom stereocenters. The van der Waals surface area contributed by atoms with Gasteiger partial charge >= 0.3 is 5.97 Å². The van der Waals surface area contributed by atoms with Crippen LogP contribution < -0.4 is 15.8 Å². The molecule has 1 aliphatic heterocycles. The summed E-state index contributed by atoms with van der Waals surface area (Å²) in [4.78, 5) is 24.9. The summed E-state index contributed by atoms with van der Waals surface area (Å²) >= 11 is 1.39. The molecule has 0 bridgehead atoms. The first-order chi connectivity index (χ1) is 11.5. The summed E-state index contributed by atoms with van der Waals surface area (Å²) in [5.41, 5.74) is 8.61. The van der Waals surface area contributed by atoms with E-state index < -0.39 is 5.97 Å². The maximum absolute atomic E-state index is 12.3. The summed E-state index contributed by atoms with van der Waals surface area (Å²) in [7, 11) is 0. The molecule has 126 valence electrons. The molecule has 0 saturated heterocycles. The Morgan fingerprint density at radius 1 is 1.42 bits per heavy atom. The fourth-order valence-corrected chi connectivity index (χ4v) is 3.72. The van der Waals surface area contributed by atoms with Crippen LogP contribution in [0.2, 0.25) is 0 Å². The smallest absolute Gasteiger partial charge is 0.341 e. The van der Waals surface area contributed by atoms with Crippen LogP contribution in [0.5, 0.6) is 5.75 Å². The van der Waals surface area contributed by atoms with E-state index in [1.807, 2.05) is 13.0 Å². The number of amides is 1. The molecule has 3 rings (SSSR count). The van der Waals surface area contributed by atoms with Crippen molar-refractivity contribution in [2.75, 3.05) is 24.3 Å². The molecular formula is C17H18N2O4S. The van der Waals surface area contributed by atoms with Crippen LogP contribution in [-0.2, 0) is 16.0 Å². The molecule has 0 aliphatic carbocycles. The van der Waals surface area contributed by atoms with E-state index in [9.17, 15) is 9.59 Å². The number of ether oxygens (including phenoxy) is 2. The third-order valence-electron chi connectivity index (χ3n) is 3.71. The number of anilines is 2. The molecule has 1 amide bonds. The molecule has 3 N–H and O–H groups in total. The van der Waals surface area contributed by atoms with Gasteiger partial charge in [-0.25, -0.2) is 4.79 Å². The number of carbonyl (C=O) groups is 2. The Labute approximate surface area is 143 Å². The van der Waals surface area contributed by atoms with Gasteiger partial charge in [0.2, 0.25) is 0 Å². The zero-order chi connectivity index (χ0) is 17.3. The highest BCUT2D eigenvalue weighted by Crippen LogP contribution is 2.42. The van der Waals surface area contributed by atoms with Crippen LogP contribution in [0.15, 0.2) is 18.2 Å². The number of hydrogen-bond acceptors (Lipinski definition) is 6. The Kier molecular flexibility index (Phi) is 4.44. The molecule has 0 saturated carbocycles. The first-order valence-electron chi connectivity index (χ1n) is 7.70. The predicted molar refractivity (Wildman–Crippen MR) is 93.6 cm³/mol. The number of aryl methyl sites for hydroxylation is 1. The van der Waals surface area contributed by atoms with Crippen molar-refractivity contribution in [1.82, 2.24) is 0 Å². The maximum Gasteiger partial charge on any atom is 0.341 e. The number of hydrogen-bond donors (Lipinski definition) is 2. The molecule has 0 radical (unpaired) electrons. The molecule has 0 spiro atoms. The van der Waals surface area contributed by atoms with Crippen molar-refractivity contribution in [2.24, 2.45) is 0 Å². The summed E-state index contributed by atoms with van der Waals surface area (Å²) in [5, 5.41) is 3.22. The van der Waals surface area contributed by atoms with Gasteiger partial charge < -0.3 is 20.5 Å². The predicted octanol–water partition coefficient (Wildman–Crippen LogP) is 3.07. The molecule has 6 nitrogen and oxygen atoms in total. The van der Waals surface area contributed by atoms with Gasteiger partial charge in [-0.2, -0.15) is 0 Å². The maximum atomic E-state index is 12.3. The van der Waals surface area contributed by atoms with Gasteiger partial charge in [0.15, 0.2) is 6.61 Å². The van der Waals surface area contributed by atoms with E-state index >= 15 is 0 Å². The average molecular weight is 346 g/mol. The summed E-state index contributed by atoms with van der Waals surface area (Å²) < 4.78 is 10.5. The largest absolute Gasteiger partial charge is 0.482 e. The van der Waals surface area contributed by atoms with Crippen LogP contribution in [0.1, 0.15) is 29.1 Å². The fraction of sp³-hybridized carbons (Fsp3) is 0.294. The van der Waals surface area contributed by atoms with E-state index in [-0.39, 0.29) is 19.1 Å². The van der Waals surface area contributed by atoms with E-state index in [2.05, 4.69) is 5.32 Å². The average Bonchev–Trinajstić information content (AvgIpc) is 2.91. The van der Waals surface area contributed by atoms with E-state index in [1.165, 1.54) is 11.3 Å². The minimum Gasteiger partial charge on any atom is -0.482 e. The lowest BCUT2D eigenvalue weighted by Gasteiger charge is -2.19. The van der Waals surface area contributed by atoms with Crippen molar-refractivity contribution < 1.29 is 19.1 Å². The van der Waals surface area contributed by atoms with Gasteiger partial charge in [0.1, 0.15) is 16.3 Å². The topological polar surface area (TPSA) is 90.6 Å². The highest BCUT2D eigenvalue weighted by atomic mass is 32.1. The highest BCUT2D eigenvalue weighted by Gasteiger charge is 2.25. The first-order valence-corrected chi connectivity index (χ1v) is 8.52. The Hall–Kier alpha value is -2.54. The minimum atomic E-state index is -0.432. The number of nitrogens with one attached hydrogen (secondary N) is 1. The summed E-state index contributed by atoms with van der Waals surface area (Å²) in [6, 6.07) is 5.45. The molecule has 1 aromatic heterocycles. The van der Waals surface area contributed by atoms with Gasteiger partial charge in [-0.3, -0.25) is 4.79 Å². The number of esters is 1. The standard InChI is InChI=1S/C17H18N2O4S/c1-3-12-14(15(16(18)24-12)17(21)22-4-2)9-5-6-11-10(7-9)19-13(20)8-23-11/h5-7H,3-4,8,18H2,1-2H3,(H,19,20). The molecule has 1 aromatic carbocycles. The molecule has 0 fully saturated rings. The van der Waals surface area contributed by atoms with Crippen LogP contribution in [0.25, 0.3) is 11.1 Å². The van der Waals surface area contributed by atoms with Crippen LogP contribution in [-0.4, -0.2) is 25.1 Å². The minimum absolute atomic E-state index is 0.00598. The van der Waals surface area contributed by atoms with Gasteiger partial charge in [0, 0.05) is 10.4 Å². The molecule has 1 aliphatic rings. The number of nitrogens with two attached hydrogens (primary N) is 1. The van der Waals surface area contributed by atoms with E-state index in [4.69, 9.17) is 15.2 Å². The SMILES string of the molecule is CCOC(=O)c1c(N)sc(CC)c1-c1ccc2c(c1)NC(=O)CO2. The lowest BCUT2D eigenvalue weighted by atomic mass is 9.99. The van der Waals surface area contributed by atoms with Gasteiger partial charge in [0.05, 0.1) is 12.3 Å². The zero-order valence-corrected chi connectivity index (χ0v) is 14.3. The van der Waals surface area contributed by atoms with Crippen molar-refractivity contribution in [2.45, 2.75) is 20.3 Å². The summed E-state index contributed by atoms with van der Waals surface area (Å²) in [5.74, 6) is -0.0259. The van der Waals surface area contributed by atoms with Gasteiger partial charge in [-0.15, -0.1) is 11.3 Å². The number of benzene rings is 1. The number of fused-ring (bicyclic) bond motifs is 1. The Balaban J connectivity index is 2.13. The van der Waals surface area contributed by atoms with E-state index in [0.29, 0.717) is 22.0 Å². The Morgan fingerprint density at radius 2 is 2.21 bits per heavy atom. The molecule has 24 heavy (non-hydrogen) atoms. The molecule has 0 atom stereocenters. The third-order valence-corrected chi connectivity index (χ3v) is 4.87. The van der Waals surface area contributed by atoms with Gasteiger partial charge in [-0.1, -0.05) is 13.0 Å². The Morgan fingerprint density at radius 3 is 2.92 bits per heavy atom. The second kappa shape index (κ2) is 6.52. The number of thiophene rings is 1. The second-order valence-corrected chi connectivity index (χ2v) is 6.40. The molecule has 7 heteroatoms. The van der Waals surface area contributed by atoms with Crippen LogP contribution >= 0.6 is 11.3 Å². The van der Waals surface area contributed by atoms with Crippen molar-refractivity contribution in [3.8, 4) is 16.9 Å². The molecule has 2 aromatic rings. The van der Waals surface area contributed by atoms with Crippen LogP contribution in [0, 0.1) is 0 Å². The van der Waals surface area contributed by atoms with Crippen molar-refractivity contribution in [1.29, 1.82) is 0 Å². The van der Waals surface area contributed by atoms with Crippen LogP contribution in [0.4, 0.5) is 10.7 Å². The number of carbonyl (C=O) groups excluding carboxylic acids is 2. The monoisotopic (exact) mass is 346 g/mol. The number of rotatable bonds is 4. The quantitative estimate of drug-likeness (QED) is 0.830. The molecular weight excluding hydrogens is 328 g/mol. The second-order valence-electron chi connectivity index (χ2n) is 5.26. The van der Waals surface area contributed by atoms with Crippen molar-refractivity contribution in [3.63, 3.8) is 0 Å². The normalized spacial score (nSPS) is 13.0. The fourth-order valence-electron chi connectivity index (χ4n) is 2.70. The zero-order valence-electron chi connectivity index (χ0n) is 13.5. The lowest BCUT2D eigenvalue weighted by molar-refractivity contribution is -0.118. The van der Waals surface area contributed by atoms with E-state index in [1.54, 1.807) is 19.1 Å². The van der Waals surface area contributed by atoms with Crippen LogP contribution in [0.3, 0.4) is 0 Å². The summed E-state index contributed by atoms with van der Waals surface area (Å²) in [6.45, 7) is 4.05. The van der Waals surface area contributed by atoms with E-state index in [0.717, 1.165) is 22.4 Å². The highest BCUT2D eigenvalue weighted by molar-refractivity contribution is 7.17. The third kappa shape index (κ3) is 2.82. The first kappa shape index (κ1) is 16.3. The van der Waals surface area contributed by atoms with Gasteiger partial charge in [-0.05, 0) is 31.0 Å². The van der Waals surface area contributed by atoms with Crippen molar-refractivity contribution in [3.05, 3.63) is 28.6 Å². The van der Waals surface area contributed by atoms with Gasteiger partial charge in [0.25, 0.3) is 5.91 Å². The summed E-state index contributed by atoms with van der Waals surface area (Å²) in [6.07, 6.45) is 0.740.